The molecule has 2 heterocycles. The topological polar surface area (TPSA) is 93.9 Å². The van der Waals surface area contributed by atoms with E-state index in [-0.39, 0.29) is 0 Å². The Morgan fingerprint density at radius 2 is 1.53 bits per heavy atom. The van der Waals surface area contributed by atoms with Crippen LogP contribution in [0.15, 0.2) is 82.0 Å². The second kappa shape index (κ2) is 7.31. The van der Waals surface area contributed by atoms with Crippen molar-refractivity contribution in [3.8, 4) is 16.9 Å². The molecule has 0 bridgehead atoms. The van der Waals surface area contributed by atoms with Crippen LogP contribution in [-0.4, -0.2) is 17.8 Å². The van der Waals surface area contributed by atoms with Gasteiger partial charge in [-0.25, -0.2) is 9.69 Å². The maximum absolute atomic E-state index is 12.7. The fourth-order valence-electron chi connectivity index (χ4n) is 3.77. The van der Waals surface area contributed by atoms with Gasteiger partial charge in [0.15, 0.2) is 0 Å². The zero-order valence-electron chi connectivity index (χ0n) is 16.8. The first-order chi connectivity index (χ1) is 15.4. The smallest absolute Gasteiger partial charge is 0.344 e. The minimum Gasteiger partial charge on any atom is -0.427 e. The van der Waals surface area contributed by atoms with Crippen molar-refractivity contribution in [2.45, 2.75) is 6.92 Å². The van der Waals surface area contributed by atoms with E-state index in [2.05, 4.69) is 0 Å². The highest BCUT2D eigenvalue weighted by atomic mass is 16.5. The minimum absolute atomic E-state index is 0.326. The summed E-state index contributed by atoms with van der Waals surface area (Å²) in [6.45, 7) is 1.33. The second-order valence-electron chi connectivity index (χ2n) is 7.29. The van der Waals surface area contributed by atoms with Crippen LogP contribution in [-0.2, 0) is 14.4 Å². The zero-order chi connectivity index (χ0) is 22.4. The predicted molar refractivity (Wildman–Crippen MR) is 118 cm³/mol. The number of carbonyl (C=O) groups is 3. The van der Waals surface area contributed by atoms with Gasteiger partial charge in [0.2, 0.25) is 0 Å². The Kier molecular flexibility index (Phi) is 4.44. The number of anilines is 1. The zero-order valence-corrected chi connectivity index (χ0v) is 16.8. The van der Waals surface area contributed by atoms with Crippen molar-refractivity contribution in [2.24, 2.45) is 0 Å². The third-order valence-corrected chi connectivity index (χ3v) is 5.21. The van der Waals surface area contributed by atoms with Crippen LogP contribution < -0.4 is 15.3 Å². The van der Waals surface area contributed by atoms with Crippen molar-refractivity contribution >= 4 is 45.2 Å². The van der Waals surface area contributed by atoms with E-state index >= 15 is 0 Å². The van der Waals surface area contributed by atoms with Crippen LogP contribution in [0.25, 0.3) is 32.9 Å². The molecule has 0 unspecified atom stereocenters. The summed E-state index contributed by atoms with van der Waals surface area (Å²) in [6, 6.07) is 17.0. The van der Waals surface area contributed by atoms with Crippen LogP contribution >= 0.6 is 0 Å². The van der Waals surface area contributed by atoms with Gasteiger partial charge in [-0.15, -0.1) is 0 Å². The minimum atomic E-state index is -0.518. The van der Waals surface area contributed by atoms with E-state index in [0.29, 0.717) is 33.5 Å². The lowest BCUT2D eigenvalue weighted by Gasteiger charge is -2.14. The highest BCUT2D eigenvalue weighted by molar-refractivity contribution is 6.28. The molecular weight excluding hydrogens is 410 g/mol. The van der Waals surface area contributed by atoms with Gasteiger partial charge in [0.25, 0.3) is 11.8 Å². The number of carbonyl (C=O) groups excluding carboxylic acids is 3. The summed E-state index contributed by atoms with van der Waals surface area (Å²) >= 11 is 0. The Morgan fingerprint density at radius 3 is 2.22 bits per heavy atom. The van der Waals surface area contributed by atoms with Gasteiger partial charge >= 0.3 is 11.6 Å². The first kappa shape index (κ1) is 19.4. The van der Waals surface area contributed by atoms with Crippen LogP contribution in [0.3, 0.4) is 0 Å². The van der Waals surface area contributed by atoms with E-state index in [1.807, 2.05) is 12.1 Å². The van der Waals surface area contributed by atoms with Crippen LogP contribution in [0.5, 0.6) is 5.75 Å². The number of ether oxygens (including phenoxy) is 1. The quantitative estimate of drug-likeness (QED) is 0.162. The number of benzene rings is 3. The van der Waals surface area contributed by atoms with Gasteiger partial charge in [0.1, 0.15) is 11.3 Å². The first-order valence-electron chi connectivity index (χ1n) is 9.76. The largest absolute Gasteiger partial charge is 0.427 e. The monoisotopic (exact) mass is 425 g/mol. The van der Waals surface area contributed by atoms with Gasteiger partial charge in [0, 0.05) is 24.5 Å². The van der Waals surface area contributed by atoms with Crippen molar-refractivity contribution in [2.75, 3.05) is 4.90 Å². The number of amides is 2. The molecule has 7 heteroatoms. The maximum atomic E-state index is 12.7. The average molecular weight is 425 g/mol. The average Bonchev–Trinajstić information content (AvgIpc) is 3.11. The highest BCUT2D eigenvalue weighted by Crippen LogP contribution is 2.31. The van der Waals surface area contributed by atoms with E-state index < -0.39 is 23.4 Å². The molecule has 1 aliphatic rings. The molecule has 0 saturated carbocycles. The molecule has 3 aromatic carbocycles. The van der Waals surface area contributed by atoms with Crippen LogP contribution in [0.4, 0.5) is 5.69 Å². The lowest BCUT2D eigenvalue weighted by atomic mass is 10.0. The molecule has 2 amide bonds. The number of imide groups is 1. The molecule has 0 radical (unpaired) electrons. The molecule has 1 aliphatic heterocycles. The number of rotatable bonds is 3. The maximum Gasteiger partial charge on any atom is 0.344 e. The van der Waals surface area contributed by atoms with E-state index in [1.165, 1.54) is 19.1 Å². The molecule has 7 nitrogen and oxygen atoms in total. The van der Waals surface area contributed by atoms with Gasteiger partial charge < -0.3 is 9.15 Å². The summed E-state index contributed by atoms with van der Waals surface area (Å²) < 4.78 is 10.7. The normalized spacial score (nSPS) is 13.3. The van der Waals surface area contributed by atoms with Gasteiger partial charge in [-0.05, 0) is 52.7 Å². The van der Waals surface area contributed by atoms with E-state index in [0.717, 1.165) is 15.7 Å². The van der Waals surface area contributed by atoms with E-state index in [1.54, 1.807) is 48.5 Å². The predicted octanol–water partition coefficient (Wildman–Crippen LogP) is 3.97. The molecule has 0 fully saturated rings. The van der Waals surface area contributed by atoms with Crippen LogP contribution in [0, 0.1) is 0 Å². The molecule has 1 aromatic heterocycles. The summed E-state index contributed by atoms with van der Waals surface area (Å²) in [7, 11) is 0. The molecule has 32 heavy (non-hydrogen) atoms. The molecule has 5 rings (SSSR count). The third-order valence-electron chi connectivity index (χ3n) is 5.21. The molecule has 0 aliphatic carbocycles. The van der Waals surface area contributed by atoms with Crippen molar-refractivity contribution in [1.82, 2.24) is 0 Å². The summed E-state index contributed by atoms with van der Waals surface area (Å²) in [5.74, 6) is -0.865. The lowest BCUT2D eigenvalue weighted by Crippen LogP contribution is -2.29. The summed E-state index contributed by atoms with van der Waals surface area (Å²) in [6.07, 6.45) is 2.42. The molecule has 0 saturated heterocycles. The van der Waals surface area contributed by atoms with Gasteiger partial charge in [-0.3, -0.25) is 14.4 Å². The summed E-state index contributed by atoms with van der Waals surface area (Å²) in [5.41, 5.74) is 1.20. The molecule has 0 spiro atoms. The van der Waals surface area contributed by atoms with Crippen molar-refractivity contribution < 1.29 is 23.5 Å². The van der Waals surface area contributed by atoms with E-state index in [9.17, 15) is 19.2 Å². The van der Waals surface area contributed by atoms with Crippen molar-refractivity contribution in [1.29, 1.82) is 0 Å². The second-order valence-corrected chi connectivity index (χ2v) is 7.29. The molecule has 156 valence electrons. The van der Waals surface area contributed by atoms with E-state index in [4.69, 9.17) is 9.15 Å². The Hall–Kier alpha value is -4.52. The van der Waals surface area contributed by atoms with Crippen molar-refractivity contribution in [3.63, 3.8) is 0 Å². The fourth-order valence-corrected chi connectivity index (χ4v) is 3.77. The Morgan fingerprint density at radius 1 is 0.844 bits per heavy atom. The van der Waals surface area contributed by atoms with Crippen LogP contribution in [0.2, 0.25) is 0 Å². The Balaban J connectivity index is 1.62. The fraction of sp³-hybridized carbons (Fsp3) is 0.0400. The standard InChI is InChI=1S/C25H15NO6/c1-14(27)31-18-8-4-15-5-9-22-21(19(15)12-18)13-20(25(30)32-22)16-2-6-17(7-3-16)26-23(28)10-11-24(26)29/h2-13H,1H3. The van der Waals surface area contributed by atoms with Gasteiger partial charge in [-0.1, -0.05) is 24.3 Å². The highest BCUT2D eigenvalue weighted by Gasteiger charge is 2.25. The Bertz CT molecular complexity index is 1510. The number of fused-ring (bicyclic) bond motifs is 3. The summed E-state index contributed by atoms with van der Waals surface area (Å²) in [5, 5.41) is 2.34. The third kappa shape index (κ3) is 3.26. The molecule has 0 N–H and O–H groups in total. The number of hydrogen-bond acceptors (Lipinski definition) is 6. The SMILES string of the molecule is CC(=O)Oc1ccc2ccc3oc(=O)c(-c4ccc(N5C(=O)C=CC5=O)cc4)cc3c2c1. The number of hydrogen-bond donors (Lipinski definition) is 0. The van der Waals surface area contributed by atoms with Crippen molar-refractivity contribution in [3.05, 3.63) is 83.2 Å². The number of esters is 1. The molecule has 4 aromatic rings. The lowest BCUT2D eigenvalue weighted by molar-refractivity contribution is -0.132. The number of nitrogens with zero attached hydrogens (tertiary/aromatic N) is 1. The van der Waals surface area contributed by atoms with Crippen LogP contribution in [0.1, 0.15) is 6.92 Å². The summed E-state index contributed by atoms with van der Waals surface area (Å²) in [4.78, 5) is 48.8. The Labute approximate surface area is 181 Å². The van der Waals surface area contributed by atoms with Gasteiger partial charge in [0.05, 0.1) is 11.3 Å². The molecular formula is C25H15NO6. The van der Waals surface area contributed by atoms with Gasteiger partial charge in [-0.2, -0.15) is 0 Å². The first-order valence-corrected chi connectivity index (χ1v) is 9.76. The molecule has 0 atom stereocenters.